The summed E-state index contributed by atoms with van der Waals surface area (Å²) in [4.78, 5) is 34.1. The van der Waals surface area contributed by atoms with Gasteiger partial charge in [0, 0.05) is 6.42 Å². The summed E-state index contributed by atoms with van der Waals surface area (Å²) in [5.41, 5.74) is 4.88. The Labute approximate surface area is 113 Å². The largest absolute Gasteiger partial charge is 0.452 e. The van der Waals surface area contributed by atoms with Gasteiger partial charge in [0.1, 0.15) is 0 Å². The summed E-state index contributed by atoms with van der Waals surface area (Å²) in [7, 11) is 0. The first-order chi connectivity index (χ1) is 8.90. The molecule has 1 aliphatic carbocycles. The van der Waals surface area contributed by atoms with Crippen LogP contribution < -0.4 is 11.1 Å². The Balaban J connectivity index is 2.49. The molecule has 0 aliphatic heterocycles. The first-order valence-electron chi connectivity index (χ1n) is 6.70. The number of primary amides is 1. The summed E-state index contributed by atoms with van der Waals surface area (Å²) in [6.07, 6.45) is 3.74. The lowest BCUT2D eigenvalue weighted by molar-refractivity contribution is -0.159. The van der Waals surface area contributed by atoms with Crippen LogP contribution in [-0.2, 0) is 14.3 Å². The fraction of sp³-hybridized carbons (Fsp3) is 0.769. The standard InChI is InChI=1S/C13H22N2O4/c1-8(2)11(12(17)15-13(14)18)19-10(16)7-9-5-3-4-6-9/h8-9,11H,3-7H2,1-2H3,(H3,14,15,17,18)/t11-/m0/s1. The van der Waals surface area contributed by atoms with Gasteiger partial charge in [0.05, 0.1) is 0 Å². The second kappa shape index (κ2) is 7.11. The average Bonchev–Trinajstić information content (AvgIpc) is 2.77. The Kier molecular flexibility index (Phi) is 5.79. The Hall–Kier alpha value is -1.59. The van der Waals surface area contributed by atoms with Gasteiger partial charge in [0.2, 0.25) is 0 Å². The van der Waals surface area contributed by atoms with E-state index < -0.39 is 18.0 Å². The lowest BCUT2D eigenvalue weighted by Crippen LogP contribution is -2.45. The van der Waals surface area contributed by atoms with Crippen molar-refractivity contribution in [1.29, 1.82) is 0 Å². The van der Waals surface area contributed by atoms with Gasteiger partial charge in [-0.25, -0.2) is 4.79 Å². The summed E-state index contributed by atoms with van der Waals surface area (Å²) >= 11 is 0. The minimum atomic E-state index is -0.971. The molecule has 1 aliphatic rings. The van der Waals surface area contributed by atoms with Gasteiger partial charge < -0.3 is 10.5 Å². The van der Waals surface area contributed by atoms with Crippen LogP contribution in [0.2, 0.25) is 0 Å². The number of esters is 1. The molecule has 0 heterocycles. The number of amides is 3. The molecule has 0 unspecified atom stereocenters. The number of carbonyl (C=O) groups is 3. The third-order valence-electron chi connectivity index (χ3n) is 3.30. The number of urea groups is 1. The summed E-state index contributed by atoms with van der Waals surface area (Å²) in [5.74, 6) is -0.904. The molecule has 6 nitrogen and oxygen atoms in total. The Morgan fingerprint density at radius 1 is 1.26 bits per heavy atom. The lowest BCUT2D eigenvalue weighted by atomic mass is 10.0. The molecule has 19 heavy (non-hydrogen) atoms. The highest BCUT2D eigenvalue weighted by Crippen LogP contribution is 2.28. The molecule has 1 fully saturated rings. The van der Waals surface area contributed by atoms with Gasteiger partial charge in [-0.1, -0.05) is 26.7 Å². The minimum absolute atomic E-state index is 0.216. The van der Waals surface area contributed by atoms with Gasteiger partial charge in [-0.3, -0.25) is 14.9 Å². The molecule has 0 aromatic rings. The molecule has 0 aromatic carbocycles. The van der Waals surface area contributed by atoms with Crippen molar-refractivity contribution in [3.8, 4) is 0 Å². The van der Waals surface area contributed by atoms with E-state index in [1.165, 1.54) is 0 Å². The molecule has 0 saturated heterocycles. The molecule has 3 amide bonds. The van der Waals surface area contributed by atoms with E-state index in [0.29, 0.717) is 12.3 Å². The minimum Gasteiger partial charge on any atom is -0.452 e. The van der Waals surface area contributed by atoms with E-state index in [2.05, 4.69) is 0 Å². The van der Waals surface area contributed by atoms with Crippen LogP contribution in [0.15, 0.2) is 0 Å². The average molecular weight is 270 g/mol. The molecule has 3 N–H and O–H groups in total. The molecule has 0 aromatic heterocycles. The second-order valence-electron chi connectivity index (χ2n) is 5.36. The highest BCUT2D eigenvalue weighted by atomic mass is 16.5. The van der Waals surface area contributed by atoms with Crippen molar-refractivity contribution in [2.45, 2.75) is 52.1 Å². The molecule has 0 spiro atoms. The molecule has 6 heteroatoms. The number of hydrogen-bond donors (Lipinski definition) is 2. The molecular weight excluding hydrogens is 248 g/mol. The SMILES string of the molecule is CC(C)[C@H](OC(=O)CC1CCCC1)C(=O)NC(N)=O. The number of nitrogens with two attached hydrogens (primary N) is 1. The van der Waals surface area contributed by atoms with Crippen LogP contribution in [0.3, 0.4) is 0 Å². The maximum absolute atomic E-state index is 11.8. The topological polar surface area (TPSA) is 98.5 Å². The Morgan fingerprint density at radius 3 is 2.32 bits per heavy atom. The summed E-state index contributed by atoms with van der Waals surface area (Å²) in [6.45, 7) is 3.49. The molecule has 1 rings (SSSR count). The fourth-order valence-corrected chi connectivity index (χ4v) is 2.32. The molecule has 108 valence electrons. The van der Waals surface area contributed by atoms with E-state index in [4.69, 9.17) is 10.5 Å². The van der Waals surface area contributed by atoms with E-state index in [-0.39, 0.29) is 11.9 Å². The van der Waals surface area contributed by atoms with Gasteiger partial charge in [-0.15, -0.1) is 0 Å². The van der Waals surface area contributed by atoms with Crippen molar-refractivity contribution >= 4 is 17.9 Å². The first kappa shape index (κ1) is 15.5. The predicted octanol–water partition coefficient (Wildman–Crippen LogP) is 1.33. The van der Waals surface area contributed by atoms with Gasteiger partial charge in [-0.2, -0.15) is 0 Å². The quantitative estimate of drug-likeness (QED) is 0.736. The smallest absolute Gasteiger partial charge is 0.318 e. The normalized spacial score (nSPS) is 17.2. The number of imide groups is 1. The number of rotatable bonds is 5. The van der Waals surface area contributed by atoms with Crippen molar-refractivity contribution in [1.82, 2.24) is 5.32 Å². The monoisotopic (exact) mass is 270 g/mol. The predicted molar refractivity (Wildman–Crippen MR) is 69.0 cm³/mol. The zero-order valence-electron chi connectivity index (χ0n) is 11.5. The fourth-order valence-electron chi connectivity index (χ4n) is 2.32. The Bertz CT molecular complexity index is 349. The third kappa shape index (κ3) is 5.28. The van der Waals surface area contributed by atoms with E-state index in [1.54, 1.807) is 13.8 Å². The summed E-state index contributed by atoms with van der Waals surface area (Å²) in [5, 5.41) is 1.95. The molecular formula is C13H22N2O4. The number of hydrogen-bond acceptors (Lipinski definition) is 4. The number of ether oxygens (including phenoxy) is 1. The maximum atomic E-state index is 11.8. The van der Waals surface area contributed by atoms with Crippen LogP contribution in [0.4, 0.5) is 4.79 Å². The van der Waals surface area contributed by atoms with Crippen LogP contribution in [-0.4, -0.2) is 24.0 Å². The van der Waals surface area contributed by atoms with E-state index >= 15 is 0 Å². The highest BCUT2D eigenvalue weighted by Gasteiger charge is 2.28. The van der Waals surface area contributed by atoms with Crippen LogP contribution in [0.25, 0.3) is 0 Å². The van der Waals surface area contributed by atoms with Crippen molar-refractivity contribution in [2.24, 2.45) is 17.6 Å². The molecule has 0 bridgehead atoms. The van der Waals surface area contributed by atoms with Crippen molar-refractivity contribution in [3.63, 3.8) is 0 Å². The van der Waals surface area contributed by atoms with Crippen LogP contribution in [0.1, 0.15) is 46.0 Å². The summed E-state index contributed by atoms with van der Waals surface area (Å²) in [6, 6.07) is -0.942. The Morgan fingerprint density at radius 2 is 1.84 bits per heavy atom. The van der Waals surface area contributed by atoms with Gasteiger partial charge in [0.25, 0.3) is 5.91 Å². The second-order valence-corrected chi connectivity index (χ2v) is 5.36. The van der Waals surface area contributed by atoms with Crippen molar-refractivity contribution in [3.05, 3.63) is 0 Å². The number of nitrogens with one attached hydrogen (secondary N) is 1. The zero-order chi connectivity index (χ0) is 14.4. The van der Waals surface area contributed by atoms with Gasteiger partial charge >= 0.3 is 12.0 Å². The maximum Gasteiger partial charge on any atom is 0.318 e. The van der Waals surface area contributed by atoms with Crippen LogP contribution in [0, 0.1) is 11.8 Å². The zero-order valence-corrected chi connectivity index (χ0v) is 11.5. The summed E-state index contributed by atoms with van der Waals surface area (Å²) < 4.78 is 5.18. The van der Waals surface area contributed by atoms with Crippen molar-refractivity contribution in [2.75, 3.05) is 0 Å². The van der Waals surface area contributed by atoms with Crippen molar-refractivity contribution < 1.29 is 19.1 Å². The number of carbonyl (C=O) groups excluding carboxylic acids is 3. The lowest BCUT2D eigenvalue weighted by Gasteiger charge is -2.20. The third-order valence-corrected chi connectivity index (χ3v) is 3.30. The van der Waals surface area contributed by atoms with E-state index in [9.17, 15) is 14.4 Å². The van der Waals surface area contributed by atoms with Crippen LogP contribution >= 0.6 is 0 Å². The van der Waals surface area contributed by atoms with Gasteiger partial charge in [-0.05, 0) is 24.7 Å². The molecule has 1 saturated carbocycles. The van der Waals surface area contributed by atoms with Crippen LogP contribution in [0.5, 0.6) is 0 Å². The highest BCUT2D eigenvalue weighted by molar-refractivity contribution is 5.96. The molecule has 1 atom stereocenters. The van der Waals surface area contributed by atoms with E-state index in [1.807, 2.05) is 5.32 Å². The van der Waals surface area contributed by atoms with E-state index in [0.717, 1.165) is 25.7 Å². The first-order valence-corrected chi connectivity index (χ1v) is 6.70. The molecule has 0 radical (unpaired) electrons. The van der Waals surface area contributed by atoms with Gasteiger partial charge in [0.15, 0.2) is 6.10 Å².